The van der Waals surface area contributed by atoms with Crippen molar-refractivity contribution < 1.29 is 28.8 Å². The third-order valence-corrected chi connectivity index (χ3v) is 8.35. The molecule has 1 aliphatic rings. The van der Waals surface area contributed by atoms with Gasteiger partial charge in [0, 0.05) is 27.1 Å². The highest BCUT2D eigenvalue weighted by Gasteiger charge is 2.36. The number of benzene rings is 4. The molecule has 2 amide bonds. The maximum atomic E-state index is 13.5. The molecule has 46 heavy (non-hydrogen) atoms. The Morgan fingerprint density at radius 1 is 0.957 bits per heavy atom. The number of carbonyl (C=O) groups excluding carboxylic acids is 4. The molecule has 12 heteroatoms. The van der Waals surface area contributed by atoms with Gasteiger partial charge >= 0.3 is 5.97 Å². The number of ether oxygens (including phenoxy) is 1. The molecule has 0 bridgehead atoms. The van der Waals surface area contributed by atoms with Crippen LogP contribution in [0.5, 0.6) is 0 Å². The van der Waals surface area contributed by atoms with Crippen LogP contribution in [0.1, 0.15) is 53.9 Å². The minimum Gasteiger partial charge on any atom is -0.454 e. The Balaban J connectivity index is 1.33. The number of ketones is 1. The molecule has 6 rings (SSSR count). The van der Waals surface area contributed by atoms with Crippen LogP contribution in [0.25, 0.3) is 22.2 Å². The second kappa shape index (κ2) is 12.3. The van der Waals surface area contributed by atoms with E-state index < -0.39 is 40.8 Å². The average molecular weight is 699 g/mol. The normalized spacial score (nSPS) is 12.4. The van der Waals surface area contributed by atoms with Crippen molar-refractivity contribution in [2.24, 2.45) is 0 Å². The van der Waals surface area contributed by atoms with Crippen molar-refractivity contribution in [2.75, 3.05) is 11.5 Å². The molecule has 0 radical (unpaired) electrons. The molecule has 0 aliphatic carbocycles. The summed E-state index contributed by atoms with van der Waals surface area (Å²) in [7, 11) is 0. The number of amides is 2. The van der Waals surface area contributed by atoms with E-state index in [1.54, 1.807) is 60.7 Å². The highest BCUT2D eigenvalue weighted by atomic mass is 79.9. The van der Waals surface area contributed by atoms with Gasteiger partial charge in [-0.1, -0.05) is 58.7 Å². The number of aryl methyl sites for hydroxylation is 1. The molecule has 0 unspecified atom stereocenters. The van der Waals surface area contributed by atoms with Crippen LogP contribution in [-0.4, -0.2) is 40.1 Å². The predicted molar refractivity (Wildman–Crippen MR) is 175 cm³/mol. The summed E-state index contributed by atoms with van der Waals surface area (Å²) >= 11 is 9.34. The monoisotopic (exact) mass is 697 g/mol. The minimum atomic E-state index is -0.798. The summed E-state index contributed by atoms with van der Waals surface area (Å²) in [6.45, 7) is 1.29. The van der Waals surface area contributed by atoms with Crippen LogP contribution in [0.4, 0.5) is 11.4 Å². The third-order valence-electron chi connectivity index (χ3n) is 7.57. The van der Waals surface area contributed by atoms with Crippen molar-refractivity contribution in [3.63, 3.8) is 0 Å². The van der Waals surface area contributed by atoms with Crippen LogP contribution in [0, 0.1) is 10.1 Å². The number of nitro benzene ring substituents is 1. The zero-order valence-corrected chi connectivity index (χ0v) is 26.3. The number of hydrogen-bond acceptors (Lipinski definition) is 8. The molecule has 0 fully saturated rings. The molecule has 2 heterocycles. The van der Waals surface area contributed by atoms with Crippen molar-refractivity contribution in [3.05, 3.63) is 132 Å². The van der Waals surface area contributed by atoms with Crippen molar-refractivity contribution >= 4 is 73.4 Å². The Labute approximate surface area is 274 Å². The van der Waals surface area contributed by atoms with Crippen LogP contribution < -0.4 is 4.90 Å². The average Bonchev–Trinajstić information content (AvgIpc) is 3.31. The van der Waals surface area contributed by atoms with E-state index in [1.807, 2.05) is 13.0 Å². The summed E-state index contributed by atoms with van der Waals surface area (Å²) in [5, 5.41) is 11.6. The van der Waals surface area contributed by atoms with Gasteiger partial charge < -0.3 is 4.74 Å². The molecular weight excluding hydrogens is 678 g/mol. The number of rotatable bonds is 8. The summed E-state index contributed by atoms with van der Waals surface area (Å²) in [6.07, 6.45) is 0.605. The molecule has 10 nitrogen and oxygen atoms in total. The standard InChI is InChI=1S/C34H21BrClN3O7/c1-2-18-13-21(35)15-25-26(34(43)46-17-30(40)20-9-12-27(36)29(14-20)39(44)45)16-28(37-31(18)25)19-7-10-22(11-8-19)38-32(41)23-5-3-4-6-24(23)33(38)42/h3-16H,2,17H2,1H3. The van der Waals surface area contributed by atoms with Gasteiger partial charge in [-0.2, -0.15) is 0 Å². The maximum Gasteiger partial charge on any atom is 0.339 e. The van der Waals surface area contributed by atoms with Crippen molar-refractivity contribution in [1.82, 2.24) is 4.98 Å². The van der Waals surface area contributed by atoms with Gasteiger partial charge in [0.25, 0.3) is 17.5 Å². The quantitative estimate of drug-likeness (QED) is 0.0531. The molecule has 0 N–H and O–H groups in total. The highest BCUT2D eigenvalue weighted by molar-refractivity contribution is 9.10. The van der Waals surface area contributed by atoms with Gasteiger partial charge in [-0.05, 0) is 66.6 Å². The molecule has 1 aliphatic heterocycles. The van der Waals surface area contributed by atoms with E-state index in [-0.39, 0.29) is 16.1 Å². The Morgan fingerprint density at radius 2 is 1.63 bits per heavy atom. The van der Waals surface area contributed by atoms with E-state index in [0.29, 0.717) is 45.4 Å². The number of fused-ring (bicyclic) bond motifs is 2. The molecular formula is C34H21BrClN3O7. The minimum absolute atomic E-state index is 0.0293. The molecule has 228 valence electrons. The number of carbonyl (C=O) groups is 4. The number of esters is 1. The fraction of sp³-hybridized carbons (Fsp3) is 0.0882. The maximum absolute atomic E-state index is 13.5. The molecule has 0 saturated heterocycles. The first-order valence-corrected chi connectivity index (χ1v) is 15.1. The van der Waals surface area contributed by atoms with Gasteiger partial charge in [0.2, 0.25) is 5.78 Å². The smallest absolute Gasteiger partial charge is 0.339 e. The number of anilines is 1. The molecule has 0 atom stereocenters. The van der Waals surface area contributed by atoms with Gasteiger partial charge in [-0.15, -0.1) is 0 Å². The Kier molecular flexibility index (Phi) is 8.20. The second-order valence-corrected chi connectivity index (χ2v) is 11.7. The lowest BCUT2D eigenvalue weighted by molar-refractivity contribution is -0.384. The third kappa shape index (κ3) is 5.55. The first-order valence-electron chi connectivity index (χ1n) is 13.9. The van der Waals surface area contributed by atoms with Gasteiger partial charge in [0.1, 0.15) is 5.02 Å². The van der Waals surface area contributed by atoms with E-state index in [9.17, 15) is 29.3 Å². The largest absolute Gasteiger partial charge is 0.454 e. The van der Waals surface area contributed by atoms with Gasteiger partial charge in [0.05, 0.1) is 38.5 Å². The van der Waals surface area contributed by atoms with Crippen LogP contribution >= 0.6 is 27.5 Å². The van der Waals surface area contributed by atoms with Crippen molar-refractivity contribution in [2.45, 2.75) is 13.3 Å². The fourth-order valence-electron chi connectivity index (χ4n) is 5.27. The Hall–Kier alpha value is -5.26. The lowest BCUT2D eigenvalue weighted by Crippen LogP contribution is -2.29. The van der Waals surface area contributed by atoms with Gasteiger partial charge in [0.15, 0.2) is 6.61 Å². The number of nitro groups is 1. The summed E-state index contributed by atoms with van der Waals surface area (Å²) in [4.78, 5) is 68.8. The van der Waals surface area contributed by atoms with E-state index in [0.717, 1.165) is 21.0 Å². The van der Waals surface area contributed by atoms with Crippen LogP contribution in [0.2, 0.25) is 5.02 Å². The highest BCUT2D eigenvalue weighted by Crippen LogP contribution is 2.33. The van der Waals surface area contributed by atoms with Crippen LogP contribution in [0.15, 0.2) is 89.4 Å². The number of aromatic nitrogens is 1. The van der Waals surface area contributed by atoms with Crippen molar-refractivity contribution in [1.29, 1.82) is 0 Å². The number of Topliss-reactive ketones (excluding diaryl/α,β-unsaturated/α-hetero) is 1. The van der Waals surface area contributed by atoms with Crippen LogP contribution in [0.3, 0.4) is 0 Å². The van der Waals surface area contributed by atoms with E-state index in [4.69, 9.17) is 21.3 Å². The Morgan fingerprint density at radius 3 is 2.26 bits per heavy atom. The number of imide groups is 1. The fourth-order valence-corrected chi connectivity index (χ4v) is 5.96. The number of hydrogen-bond donors (Lipinski definition) is 0. The molecule has 1 aromatic heterocycles. The van der Waals surface area contributed by atoms with Gasteiger partial charge in [-0.3, -0.25) is 24.5 Å². The molecule has 4 aromatic carbocycles. The molecule has 5 aromatic rings. The lowest BCUT2D eigenvalue weighted by atomic mass is 10.00. The van der Waals surface area contributed by atoms with Crippen LogP contribution in [-0.2, 0) is 11.2 Å². The summed E-state index contributed by atoms with van der Waals surface area (Å²) < 4.78 is 6.13. The first kappa shape index (κ1) is 30.8. The zero-order chi connectivity index (χ0) is 32.7. The lowest BCUT2D eigenvalue weighted by Gasteiger charge is -2.15. The summed E-state index contributed by atoms with van der Waals surface area (Å²) in [5.41, 5.74) is 3.17. The number of pyridine rings is 1. The second-order valence-electron chi connectivity index (χ2n) is 10.3. The Bertz CT molecular complexity index is 2100. The first-order chi connectivity index (χ1) is 22.1. The number of nitrogens with zero attached hydrogens (tertiary/aromatic N) is 3. The van der Waals surface area contributed by atoms with E-state index in [2.05, 4.69) is 15.9 Å². The summed E-state index contributed by atoms with van der Waals surface area (Å²) in [5.74, 6) is -2.27. The number of halogens is 2. The molecule has 0 saturated carbocycles. The topological polar surface area (TPSA) is 137 Å². The van der Waals surface area contributed by atoms with E-state index >= 15 is 0 Å². The predicted octanol–water partition coefficient (Wildman–Crippen LogP) is 7.63. The van der Waals surface area contributed by atoms with Gasteiger partial charge in [-0.25, -0.2) is 14.7 Å². The van der Waals surface area contributed by atoms with Crippen molar-refractivity contribution in [3.8, 4) is 11.3 Å². The van der Waals surface area contributed by atoms with E-state index in [1.165, 1.54) is 12.1 Å². The zero-order valence-electron chi connectivity index (χ0n) is 24.0. The SMILES string of the molecule is CCc1cc(Br)cc2c(C(=O)OCC(=O)c3ccc(Cl)c([N+](=O)[O-])c3)cc(-c3ccc(N4C(=O)c5ccccc5C4=O)cc3)nc12. The molecule has 0 spiro atoms. The summed E-state index contributed by atoms with van der Waals surface area (Å²) in [6, 6.07) is 22.1.